The fourth-order valence-corrected chi connectivity index (χ4v) is 5.25. The molecule has 1 saturated carbocycles. The summed E-state index contributed by atoms with van der Waals surface area (Å²) in [6, 6.07) is 12.1. The van der Waals surface area contributed by atoms with Crippen molar-refractivity contribution < 1.29 is 28.8 Å². The second kappa shape index (κ2) is 11.7. The number of rotatable bonds is 6. The van der Waals surface area contributed by atoms with E-state index in [1.54, 1.807) is 41.5 Å². The van der Waals surface area contributed by atoms with Crippen molar-refractivity contribution in [2.45, 2.75) is 56.1 Å². The maximum Gasteiger partial charge on any atom is 0.410 e. The number of amides is 3. The number of nitrogens with one attached hydrogen (secondary N) is 2. The van der Waals surface area contributed by atoms with Gasteiger partial charge in [0, 0.05) is 30.9 Å². The average molecular weight is 514 g/mol. The average Bonchev–Trinajstić information content (AvgIpc) is 2.85. The summed E-state index contributed by atoms with van der Waals surface area (Å²) in [5.74, 6) is -0.611. The molecule has 3 N–H and O–H groups in total. The summed E-state index contributed by atoms with van der Waals surface area (Å²) in [6.07, 6.45) is 4.88. The van der Waals surface area contributed by atoms with Gasteiger partial charge in [0.15, 0.2) is 4.90 Å². The number of carbonyl (C=O) groups excluding carboxylic acids is 2. The van der Waals surface area contributed by atoms with E-state index >= 15 is 0 Å². The highest BCUT2D eigenvalue weighted by atomic mass is 32.2. The zero-order chi connectivity index (χ0) is 25.7. The molecule has 2 aromatic carbocycles. The number of hydrogen-bond donors (Lipinski definition) is 3. The quantitative estimate of drug-likeness (QED) is 0.484. The Bertz CT molecular complexity index is 1100. The van der Waals surface area contributed by atoms with Gasteiger partial charge >= 0.3 is 18.1 Å². The number of urea groups is 1. The Hall–Kier alpha value is -3.24. The number of ether oxygens (including phenoxy) is 1. The maximum absolute atomic E-state index is 12.7. The summed E-state index contributed by atoms with van der Waals surface area (Å²) < 4.78 is 17.2. The number of hydrogen-bond acceptors (Lipinski definition) is 5. The van der Waals surface area contributed by atoms with E-state index in [-0.39, 0.29) is 30.6 Å². The molecule has 1 aliphatic carbocycles. The predicted octanol–water partition coefficient (Wildman–Crippen LogP) is 4.60. The van der Waals surface area contributed by atoms with Gasteiger partial charge < -0.3 is 29.9 Å². The molecule has 0 radical (unpaired) electrons. The van der Waals surface area contributed by atoms with E-state index in [9.17, 15) is 18.9 Å². The normalized spacial score (nSPS) is 20.1. The van der Waals surface area contributed by atoms with Crippen molar-refractivity contribution >= 4 is 40.6 Å². The van der Waals surface area contributed by atoms with Gasteiger partial charge in [0.2, 0.25) is 0 Å². The first kappa shape index (κ1) is 25.8. The van der Waals surface area contributed by atoms with Gasteiger partial charge in [-0.2, -0.15) is 0 Å². The molecule has 2 aromatic rings. The third kappa shape index (κ3) is 6.92. The number of aliphatic carboxylic acids is 1. The molecule has 1 heterocycles. The van der Waals surface area contributed by atoms with Crippen LogP contribution < -0.4 is 10.6 Å². The van der Waals surface area contributed by atoms with E-state index in [2.05, 4.69) is 10.6 Å². The van der Waals surface area contributed by atoms with Crippen LogP contribution in [0, 0.1) is 5.92 Å². The summed E-state index contributed by atoms with van der Waals surface area (Å²) >= 11 is -1.07. The Morgan fingerprint density at radius 1 is 1.03 bits per heavy atom. The number of anilines is 2. The van der Waals surface area contributed by atoms with Crippen LogP contribution in [0.5, 0.6) is 0 Å². The van der Waals surface area contributed by atoms with E-state index < -0.39 is 17.1 Å². The molecule has 0 aromatic heterocycles. The molecule has 3 amide bonds. The molecule has 9 nitrogen and oxygen atoms in total. The van der Waals surface area contributed by atoms with Gasteiger partial charge in [-0.3, -0.25) is 4.79 Å². The Morgan fingerprint density at radius 2 is 1.69 bits per heavy atom. The fraction of sp³-hybridized carbons (Fsp3) is 0.423. The van der Waals surface area contributed by atoms with E-state index in [1.165, 1.54) is 0 Å². The number of benzene rings is 2. The summed E-state index contributed by atoms with van der Waals surface area (Å²) in [7, 11) is 0. The molecule has 2 aliphatic rings. The largest absolute Gasteiger partial charge is 0.612 e. The highest BCUT2D eigenvalue weighted by molar-refractivity contribution is 7.90. The van der Waals surface area contributed by atoms with Crippen LogP contribution in [0.2, 0.25) is 0 Å². The Morgan fingerprint density at radius 3 is 2.36 bits per heavy atom. The van der Waals surface area contributed by atoms with Crippen LogP contribution >= 0.6 is 0 Å². The van der Waals surface area contributed by atoms with Crippen LogP contribution in [0.3, 0.4) is 0 Å². The fourth-order valence-electron chi connectivity index (χ4n) is 4.73. The molecular formula is C26H31N3O6S. The van der Waals surface area contributed by atoms with E-state index in [0.29, 0.717) is 48.6 Å². The summed E-state index contributed by atoms with van der Waals surface area (Å²) in [5.41, 5.74) is 3.34. The molecule has 1 atom stereocenters. The third-order valence-electron chi connectivity index (χ3n) is 6.70. The molecule has 1 unspecified atom stereocenters. The monoisotopic (exact) mass is 513 g/mol. The lowest BCUT2D eigenvalue weighted by Crippen LogP contribution is -2.39. The Balaban J connectivity index is 1.26. The lowest BCUT2D eigenvalue weighted by molar-refractivity contribution is -0.138. The zero-order valence-electron chi connectivity index (χ0n) is 20.2. The SMILES string of the molecule is C[S+]([O-])c1ccc(NC(=O)Nc2ccc3c(c2)CCN(C(=O)O[C@H]2CC[C@H](CC(=O)O)CC2)C3)cc1. The molecular weight excluding hydrogens is 482 g/mol. The Kier molecular flexibility index (Phi) is 8.37. The van der Waals surface area contributed by atoms with Gasteiger partial charge in [0.05, 0.1) is 0 Å². The third-order valence-corrected chi connectivity index (χ3v) is 7.64. The number of carboxylic acid groups (broad SMARTS) is 1. The molecule has 36 heavy (non-hydrogen) atoms. The number of carboxylic acids is 1. The molecule has 10 heteroatoms. The van der Waals surface area contributed by atoms with Crippen molar-refractivity contribution in [1.82, 2.24) is 4.90 Å². The molecule has 1 aliphatic heterocycles. The second-order valence-corrected chi connectivity index (χ2v) is 10.7. The van der Waals surface area contributed by atoms with E-state index in [4.69, 9.17) is 9.84 Å². The molecule has 1 fully saturated rings. The van der Waals surface area contributed by atoms with Gasteiger partial charge in [-0.25, -0.2) is 9.59 Å². The predicted molar refractivity (Wildman–Crippen MR) is 136 cm³/mol. The minimum Gasteiger partial charge on any atom is -0.612 e. The molecule has 0 bridgehead atoms. The number of nitrogens with zero attached hydrogens (tertiary/aromatic N) is 1. The first-order chi connectivity index (χ1) is 17.3. The zero-order valence-corrected chi connectivity index (χ0v) is 21.0. The molecule has 192 valence electrons. The van der Waals surface area contributed by atoms with Crippen LogP contribution in [0.25, 0.3) is 0 Å². The summed E-state index contributed by atoms with van der Waals surface area (Å²) in [6.45, 7) is 0.973. The van der Waals surface area contributed by atoms with Crippen molar-refractivity contribution in [2.75, 3.05) is 23.4 Å². The van der Waals surface area contributed by atoms with Crippen molar-refractivity contribution in [1.29, 1.82) is 0 Å². The first-order valence-electron chi connectivity index (χ1n) is 12.1. The van der Waals surface area contributed by atoms with Crippen molar-refractivity contribution in [3.05, 3.63) is 53.6 Å². The second-order valence-electron chi connectivity index (χ2n) is 9.34. The highest BCUT2D eigenvalue weighted by Crippen LogP contribution is 2.30. The van der Waals surface area contributed by atoms with E-state index in [0.717, 1.165) is 24.0 Å². The standard InChI is InChI=1S/C26H31N3O6S/c1-36(34)23-10-6-20(7-11-23)27-25(32)28-21-5-4-19-16-29(13-12-18(19)15-21)26(33)35-22-8-2-17(3-9-22)14-24(30)31/h4-7,10-11,15,17,22H,2-3,8-9,12-14,16H2,1H3,(H,30,31)(H2,27,28,32)/t17-,22-,36?. The Labute approximate surface area is 213 Å². The van der Waals surface area contributed by atoms with Crippen molar-refractivity contribution in [2.24, 2.45) is 5.92 Å². The first-order valence-corrected chi connectivity index (χ1v) is 13.6. The molecule has 0 saturated heterocycles. The van der Waals surface area contributed by atoms with Gasteiger partial charge in [-0.05, 0) is 96.7 Å². The minimum atomic E-state index is -1.07. The van der Waals surface area contributed by atoms with Crippen molar-refractivity contribution in [3.63, 3.8) is 0 Å². The van der Waals surface area contributed by atoms with Crippen LogP contribution in [0.4, 0.5) is 21.0 Å². The van der Waals surface area contributed by atoms with Gasteiger partial charge in [-0.1, -0.05) is 6.07 Å². The maximum atomic E-state index is 12.7. The smallest absolute Gasteiger partial charge is 0.410 e. The number of fused-ring (bicyclic) bond motifs is 1. The van der Waals surface area contributed by atoms with E-state index in [1.807, 2.05) is 12.1 Å². The van der Waals surface area contributed by atoms with Crippen LogP contribution in [-0.4, -0.2) is 51.6 Å². The molecule has 4 rings (SSSR count). The topological polar surface area (TPSA) is 131 Å². The highest BCUT2D eigenvalue weighted by Gasteiger charge is 2.28. The van der Waals surface area contributed by atoms with Crippen LogP contribution in [0.1, 0.15) is 43.2 Å². The minimum absolute atomic E-state index is 0.158. The van der Waals surface area contributed by atoms with Gasteiger partial charge in [-0.15, -0.1) is 0 Å². The lowest BCUT2D eigenvalue weighted by atomic mass is 9.85. The summed E-state index contributed by atoms with van der Waals surface area (Å²) in [5, 5.41) is 14.5. The van der Waals surface area contributed by atoms with Gasteiger partial charge in [0.25, 0.3) is 0 Å². The number of carbonyl (C=O) groups is 3. The summed E-state index contributed by atoms with van der Waals surface area (Å²) in [4.78, 5) is 38.4. The molecule has 0 spiro atoms. The van der Waals surface area contributed by atoms with Gasteiger partial charge in [0.1, 0.15) is 12.4 Å². The van der Waals surface area contributed by atoms with Crippen LogP contribution in [0.15, 0.2) is 47.4 Å². The van der Waals surface area contributed by atoms with Crippen molar-refractivity contribution in [3.8, 4) is 0 Å². The van der Waals surface area contributed by atoms with Crippen LogP contribution in [-0.2, 0) is 33.7 Å². The lowest BCUT2D eigenvalue weighted by Gasteiger charge is -2.32.